The second-order valence-electron chi connectivity index (χ2n) is 5.90. The lowest BCUT2D eigenvalue weighted by atomic mass is 9.95. The molecule has 1 aromatic heterocycles. The van der Waals surface area contributed by atoms with Gasteiger partial charge in [0.25, 0.3) is 0 Å². The van der Waals surface area contributed by atoms with Crippen molar-refractivity contribution in [2.45, 2.75) is 52.6 Å². The van der Waals surface area contributed by atoms with Gasteiger partial charge in [0.1, 0.15) is 12.1 Å². The van der Waals surface area contributed by atoms with Crippen LogP contribution in [0.2, 0.25) is 0 Å². The van der Waals surface area contributed by atoms with Gasteiger partial charge >= 0.3 is 0 Å². The molecule has 1 N–H and O–H groups in total. The van der Waals surface area contributed by atoms with Crippen LogP contribution < -0.4 is 10.2 Å². The average Bonchev–Trinajstić information content (AvgIpc) is 2.43. The lowest BCUT2D eigenvalue weighted by Gasteiger charge is -2.40. The van der Waals surface area contributed by atoms with E-state index >= 15 is 0 Å². The van der Waals surface area contributed by atoms with Crippen molar-refractivity contribution >= 4 is 17.5 Å². The van der Waals surface area contributed by atoms with E-state index in [2.05, 4.69) is 10.3 Å². The fourth-order valence-electron chi connectivity index (χ4n) is 2.72. The molecule has 2 amide bonds. The van der Waals surface area contributed by atoms with Crippen LogP contribution in [0.15, 0.2) is 18.3 Å². The van der Waals surface area contributed by atoms with Gasteiger partial charge in [-0.3, -0.25) is 19.5 Å². The zero-order chi connectivity index (χ0) is 15.6. The van der Waals surface area contributed by atoms with E-state index in [0.717, 1.165) is 12.1 Å². The van der Waals surface area contributed by atoms with Crippen LogP contribution in [-0.2, 0) is 9.59 Å². The van der Waals surface area contributed by atoms with E-state index in [1.165, 1.54) is 0 Å². The predicted octanol–water partition coefficient (Wildman–Crippen LogP) is 2.05. The van der Waals surface area contributed by atoms with E-state index < -0.39 is 12.1 Å². The molecule has 1 fully saturated rings. The van der Waals surface area contributed by atoms with Crippen LogP contribution >= 0.6 is 0 Å². The molecule has 21 heavy (non-hydrogen) atoms. The number of nitrogens with one attached hydrogen (secondary N) is 1. The van der Waals surface area contributed by atoms with Gasteiger partial charge in [-0.2, -0.15) is 0 Å². The van der Waals surface area contributed by atoms with E-state index in [9.17, 15) is 9.59 Å². The molecule has 2 heterocycles. The first-order valence-electron chi connectivity index (χ1n) is 7.51. The smallest absolute Gasteiger partial charge is 0.250 e. The quantitative estimate of drug-likeness (QED) is 0.922. The summed E-state index contributed by atoms with van der Waals surface area (Å²) in [6, 6.07) is 2.81. The number of aromatic nitrogens is 1. The largest absolute Gasteiger partial charge is 0.342 e. The summed E-state index contributed by atoms with van der Waals surface area (Å²) in [5.74, 6) is -0.0812. The van der Waals surface area contributed by atoms with Crippen molar-refractivity contribution in [1.82, 2.24) is 10.3 Å². The Morgan fingerprint density at radius 2 is 2.05 bits per heavy atom. The van der Waals surface area contributed by atoms with Gasteiger partial charge < -0.3 is 5.32 Å². The molecule has 0 radical (unpaired) electrons. The second kappa shape index (κ2) is 6.24. The molecule has 5 nitrogen and oxygen atoms in total. The number of nitrogens with zero attached hydrogens (tertiary/aromatic N) is 2. The molecule has 5 heteroatoms. The molecule has 0 aliphatic carbocycles. The van der Waals surface area contributed by atoms with Crippen LogP contribution in [0.3, 0.4) is 0 Å². The van der Waals surface area contributed by atoms with Crippen molar-refractivity contribution < 1.29 is 9.59 Å². The topological polar surface area (TPSA) is 62.3 Å². The third-order valence-electron chi connectivity index (χ3n) is 3.78. The van der Waals surface area contributed by atoms with Gasteiger partial charge in [-0.25, -0.2) is 0 Å². The number of hydrogen-bond acceptors (Lipinski definition) is 3. The Balaban J connectivity index is 2.40. The molecule has 1 aromatic rings. The van der Waals surface area contributed by atoms with Crippen molar-refractivity contribution in [3.63, 3.8) is 0 Å². The van der Waals surface area contributed by atoms with Gasteiger partial charge in [0, 0.05) is 5.69 Å². The number of piperazine rings is 1. The Bertz CT molecular complexity index is 525. The first kappa shape index (κ1) is 15.5. The molecule has 0 aromatic carbocycles. The molecule has 0 bridgehead atoms. The van der Waals surface area contributed by atoms with Gasteiger partial charge in [0.15, 0.2) is 0 Å². The maximum atomic E-state index is 12.7. The Morgan fingerprint density at radius 3 is 2.57 bits per heavy atom. The Morgan fingerprint density at radius 1 is 1.33 bits per heavy atom. The second-order valence-corrected chi connectivity index (χ2v) is 5.90. The zero-order valence-electron chi connectivity index (χ0n) is 13.1. The summed E-state index contributed by atoms with van der Waals surface area (Å²) in [4.78, 5) is 31.0. The highest BCUT2D eigenvalue weighted by Gasteiger charge is 2.42. The number of rotatable bonds is 4. The van der Waals surface area contributed by atoms with Crippen molar-refractivity contribution in [3.8, 4) is 0 Å². The molecule has 114 valence electrons. The van der Waals surface area contributed by atoms with Crippen molar-refractivity contribution in [2.24, 2.45) is 5.92 Å². The van der Waals surface area contributed by atoms with Crippen LogP contribution in [0.1, 0.15) is 39.3 Å². The Kier molecular flexibility index (Phi) is 4.60. The minimum atomic E-state index is -0.477. The van der Waals surface area contributed by atoms with Crippen LogP contribution in [0.25, 0.3) is 0 Å². The van der Waals surface area contributed by atoms with E-state index in [0.29, 0.717) is 12.1 Å². The summed E-state index contributed by atoms with van der Waals surface area (Å²) in [6.07, 6.45) is 3.18. The summed E-state index contributed by atoms with van der Waals surface area (Å²) in [5.41, 5.74) is 1.58. The lowest BCUT2D eigenvalue weighted by Crippen LogP contribution is -2.65. The summed E-state index contributed by atoms with van der Waals surface area (Å²) in [7, 11) is 0. The van der Waals surface area contributed by atoms with Gasteiger partial charge in [-0.1, -0.05) is 27.2 Å². The summed E-state index contributed by atoms with van der Waals surface area (Å²) >= 11 is 0. The first-order chi connectivity index (χ1) is 9.95. The molecular formula is C16H23N3O2. The van der Waals surface area contributed by atoms with Gasteiger partial charge in [0.2, 0.25) is 11.8 Å². The van der Waals surface area contributed by atoms with Gasteiger partial charge in [0.05, 0.1) is 11.9 Å². The van der Waals surface area contributed by atoms with Crippen molar-refractivity contribution in [1.29, 1.82) is 0 Å². The summed E-state index contributed by atoms with van der Waals surface area (Å²) < 4.78 is 0. The normalized spacial score (nSPS) is 22.6. The highest BCUT2D eigenvalue weighted by Crippen LogP contribution is 2.26. The highest BCUT2D eigenvalue weighted by molar-refractivity contribution is 6.08. The molecular weight excluding hydrogens is 266 g/mol. The fourth-order valence-corrected chi connectivity index (χ4v) is 2.72. The number of anilines is 1. The molecule has 1 aliphatic rings. The maximum absolute atomic E-state index is 12.7. The number of hydrogen-bond donors (Lipinski definition) is 1. The zero-order valence-corrected chi connectivity index (χ0v) is 13.1. The number of pyridine rings is 1. The van der Waals surface area contributed by atoms with E-state index in [4.69, 9.17) is 0 Å². The minimum absolute atomic E-state index is 0.0397. The van der Waals surface area contributed by atoms with Crippen LogP contribution in [0.4, 0.5) is 5.69 Å². The summed E-state index contributed by atoms with van der Waals surface area (Å²) in [6.45, 7) is 7.80. The van der Waals surface area contributed by atoms with E-state index in [1.807, 2.05) is 39.8 Å². The number of carbonyl (C=O) groups excluding carboxylic acids is 2. The van der Waals surface area contributed by atoms with E-state index in [1.54, 1.807) is 11.1 Å². The van der Waals surface area contributed by atoms with Gasteiger partial charge in [-0.15, -0.1) is 0 Å². The molecule has 2 unspecified atom stereocenters. The lowest BCUT2D eigenvalue weighted by molar-refractivity contribution is -0.135. The minimum Gasteiger partial charge on any atom is -0.342 e. The third-order valence-corrected chi connectivity index (χ3v) is 3.78. The third kappa shape index (κ3) is 3.06. The van der Waals surface area contributed by atoms with Gasteiger partial charge in [-0.05, 0) is 31.4 Å². The average molecular weight is 289 g/mol. The number of aryl methyl sites for hydroxylation is 1. The molecule has 1 aliphatic heterocycles. The molecule has 2 rings (SSSR count). The van der Waals surface area contributed by atoms with Crippen LogP contribution in [0.5, 0.6) is 0 Å². The standard InChI is InChI=1S/C16H23N3O2/c1-5-6-13-16(21)19(12-8-7-11(4)17-9-12)14(10(2)3)15(20)18-13/h7-10,13-14H,5-6H2,1-4H3,(H,18,20). The summed E-state index contributed by atoms with van der Waals surface area (Å²) in [5, 5.41) is 2.86. The van der Waals surface area contributed by atoms with Crippen LogP contribution in [-0.4, -0.2) is 28.9 Å². The maximum Gasteiger partial charge on any atom is 0.250 e. The highest BCUT2D eigenvalue weighted by atomic mass is 16.2. The van der Waals surface area contributed by atoms with Crippen molar-refractivity contribution in [3.05, 3.63) is 24.0 Å². The van der Waals surface area contributed by atoms with Crippen LogP contribution in [0, 0.1) is 12.8 Å². The van der Waals surface area contributed by atoms with Crippen molar-refractivity contribution in [2.75, 3.05) is 4.90 Å². The van der Waals surface area contributed by atoms with E-state index in [-0.39, 0.29) is 17.7 Å². The molecule has 0 saturated carbocycles. The fraction of sp³-hybridized carbons (Fsp3) is 0.562. The Hall–Kier alpha value is -1.91. The molecule has 1 saturated heterocycles. The molecule has 2 atom stereocenters. The number of carbonyl (C=O) groups is 2. The number of amides is 2. The SMILES string of the molecule is CCCC1NC(=O)C(C(C)C)N(c2ccc(C)nc2)C1=O. The Labute approximate surface area is 125 Å². The first-order valence-corrected chi connectivity index (χ1v) is 7.51. The predicted molar refractivity (Wildman–Crippen MR) is 81.9 cm³/mol. The monoisotopic (exact) mass is 289 g/mol. The molecule has 0 spiro atoms.